The Balaban J connectivity index is 2.07. The predicted octanol–water partition coefficient (Wildman–Crippen LogP) is 3.59. The van der Waals surface area contributed by atoms with Crippen LogP contribution >= 0.6 is 0 Å². The fourth-order valence-electron chi connectivity index (χ4n) is 2.18. The van der Waals surface area contributed by atoms with E-state index >= 15 is 0 Å². The van der Waals surface area contributed by atoms with Crippen LogP contribution in [0.2, 0.25) is 0 Å². The second-order valence-corrected chi connectivity index (χ2v) is 4.81. The summed E-state index contributed by atoms with van der Waals surface area (Å²) in [7, 11) is 0. The number of hydrogen-bond donors (Lipinski definition) is 0. The van der Waals surface area contributed by atoms with E-state index in [1.54, 1.807) is 6.07 Å². The van der Waals surface area contributed by atoms with Gasteiger partial charge in [0.1, 0.15) is 6.20 Å². The number of hydrogen-bond acceptors (Lipinski definition) is 4. The standard InChI is InChI=1S/C15H14N2O3/c18-17(19)15-14(20-12-7-4-8-12)13(9-10-16-15)11-5-2-1-3-6-11/h1-3,5-6,9-10,12H,4,7-8H2. The van der Waals surface area contributed by atoms with E-state index < -0.39 is 4.92 Å². The van der Waals surface area contributed by atoms with Crippen molar-refractivity contribution in [1.29, 1.82) is 0 Å². The molecule has 1 aromatic carbocycles. The lowest BCUT2D eigenvalue weighted by Gasteiger charge is -2.26. The van der Waals surface area contributed by atoms with E-state index in [-0.39, 0.29) is 17.7 Å². The lowest BCUT2D eigenvalue weighted by atomic mass is 9.96. The molecule has 0 unspecified atom stereocenters. The molecule has 20 heavy (non-hydrogen) atoms. The van der Waals surface area contributed by atoms with Gasteiger partial charge in [0.25, 0.3) is 0 Å². The average molecular weight is 270 g/mol. The van der Waals surface area contributed by atoms with Gasteiger partial charge in [-0.2, -0.15) is 0 Å². The van der Waals surface area contributed by atoms with Crippen molar-refractivity contribution in [1.82, 2.24) is 4.98 Å². The van der Waals surface area contributed by atoms with Gasteiger partial charge >= 0.3 is 5.82 Å². The molecule has 1 saturated carbocycles. The molecule has 0 spiro atoms. The lowest BCUT2D eigenvalue weighted by molar-refractivity contribution is -0.390. The molecule has 0 N–H and O–H groups in total. The van der Waals surface area contributed by atoms with Gasteiger partial charge in [-0.15, -0.1) is 0 Å². The highest BCUT2D eigenvalue weighted by atomic mass is 16.6. The van der Waals surface area contributed by atoms with Gasteiger partial charge in [0, 0.05) is 5.56 Å². The molecule has 1 heterocycles. The van der Waals surface area contributed by atoms with Gasteiger partial charge in [-0.25, -0.2) is 0 Å². The summed E-state index contributed by atoms with van der Waals surface area (Å²) in [5.74, 6) is 0.0756. The number of pyridine rings is 1. The summed E-state index contributed by atoms with van der Waals surface area (Å²) < 4.78 is 5.82. The van der Waals surface area contributed by atoms with Crippen molar-refractivity contribution in [2.45, 2.75) is 25.4 Å². The highest BCUT2D eigenvalue weighted by molar-refractivity contribution is 5.73. The maximum absolute atomic E-state index is 11.2. The van der Waals surface area contributed by atoms with Crippen molar-refractivity contribution in [3.05, 3.63) is 52.7 Å². The third-order valence-electron chi connectivity index (χ3n) is 3.48. The van der Waals surface area contributed by atoms with Gasteiger partial charge in [-0.1, -0.05) is 30.3 Å². The molecule has 5 nitrogen and oxygen atoms in total. The highest BCUT2D eigenvalue weighted by Gasteiger charge is 2.27. The number of nitro groups is 1. The Kier molecular flexibility index (Phi) is 3.33. The highest BCUT2D eigenvalue weighted by Crippen LogP contribution is 2.38. The van der Waals surface area contributed by atoms with Crippen LogP contribution in [0.4, 0.5) is 5.82 Å². The number of aromatic nitrogens is 1. The Bertz CT molecular complexity index is 624. The smallest absolute Gasteiger partial charge is 0.406 e. The lowest BCUT2D eigenvalue weighted by Crippen LogP contribution is -2.25. The maximum atomic E-state index is 11.2. The predicted molar refractivity (Wildman–Crippen MR) is 74.6 cm³/mol. The van der Waals surface area contributed by atoms with Crippen LogP contribution in [0.1, 0.15) is 19.3 Å². The maximum Gasteiger partial charge on any atom is 0.406 e. The second kappa shape index (κ2) is 5.28. The summed E-state index contributed by atoms with van der Waals surface area (Å²) in [6, 6.07) is 11.3. The van der Waals surface area contributed by atoms with Gasteiger partial charge in [-0.05, 0) is 40.8 Å². The van der Waals surface area contributed by atoms with Crippen LogP contribution in [0, 0.1) is 10.1 Å². The van der Waals surface area contributed by atoms with E-state index in [2.05, 4.69) is 4.98 Å². The van der Waals surface area contributed by atoms with Crippen LogP contribution in [-0.4, -0.2) is 16.0 Å². The molecule has 0 saturated heterocycles. The number of rotatable bonds is 4. The molecule has 1 aliphatic rings. The minimum Gasteiger partial charge on any atom is -0.482 e. The summed E-state index contributed by atoms with van der Waals surface area (Å²) in [5, 5.41) is 11.2. The Morgan fingerprint density at radius 2 is 1.95 bits per heavy atom. The van der Waals surface area contributed by atoms with E-state index in [0.717, 1.165) is 30.4 Å². The molecule has 1 aromatic heterocycles. The van der Waals surface area contributed by atoms with Crippen LogP contribution in [-0.2, 0) is 0 Å². The molecule has 5 heteroatoms. The minimum atomic E-state index is -0.486. The van der Waals surface area contributed by atoms with Crippen LogP contribution in [0.3, 0.4) is 0 Å². The Labute approximate surface area is 116 Å². The Morgan fingerprint density at radius 3 is 2.55 bits per heavy atom. The zero-order chi connectivity index (χ0) is 13.9. The van der Waals surface area contributed by atoms with Crippen molar-refractivity contribution in [2.24, 2.45) is 0 Å². The first-order valence-electron chi connectivity index (χ1n) is 6.61. The normalized spacial score (nSPS) is 14.6. The van der Waals surface area contributed by atoms with Crippen molar-refractivity contribution in [3.63, 3.8) is 0 Å². The first-order valence-corrected chi connectivity index (χ1v) is 6.61. The molecule has 102 valence electrons. The summed E-state index contributed by atoms with van der Waals surface area (Å²) in [6.45, 7) is 0. The quantitative estimate of drug-likeness (QED) is 0.629. The summed E-state index contributed by atoms with van der Waals surface area (Å²) >= 11 is 0. The molecule has 1 aliphatic carbocycles. The number of benzene rings is 1. The third-order valence-corrected chi connectivity index (χ3v) is 3.48. The zero-order valence-electron chi connectivity index (χ0n) is 10.9. The summed E-state index contributed by atoms with van der Waals surface area (Å²) in [5.41, 5.74) is 1.62. The Morgan fingerprint density at radius 1 is 1.20 bits per heavy atom. The minimum absolute atomic E-state index is 0.0698. The van der Waals surface area contributed by atoms with Crippen LogP contribution in [0.5, 0.6) is 5.75 Å². The van der Waals surface area contributed by atoms with Gasteiger partial charge in [0.05, 0.1) is 6.10 Å². The fraction of sp³-hybridized carbons (Fsp3) is 0.267. The summed E-state index contributed by atoms with van der Waals surface area (Å²) in [6.07, 6.45) is 4.52. The third kappa shape index (κ3) is 2.34. The van der Waals surface area contributed by atoms with E-state index in [0.29, 0.717) is 0 Å². The Hall–Kier alpha value is -2.43. The van der Waals surface area contributed by atoms with Crippen LogP contribution < -0.4 is 4.74 Å². The van der Waals surface area contributed by atoms with Crippen molar-refractivity contribution >= 4 is 5.82 Å². The molecule has 0 aliphatic heterocycles. The first kappa shape index (κ1) is 12.6. The van der Waals surface area contributed by atoms with Gasteiger partial charge < -0.3 is 14.9 Å². The van der Waals surface area contributed by atoms with Crippen molar-refractivity contribution in [2.75, 3.05) is 0 Å². The molecule has 0 bridgehead atoms. The molecular formula is C15H14N2O3. The SMILES string of the molecule is O=[N+]([O-])c1nccc(-c2ccccc2)c1OC1CCC1. The van der Waals surface area contributed by atoms with Gasteiger partial charge in [0.2, 0.25) is 5.75 Å². The van der Waals surface area contributed by atoms with E-state index in [1.165, 1.54) is 6.20 Å². The van der Waals surface area contributed by atoms with Crippen LogP contribution in [0.15, 0.2) is 42.6 Å². The van der Waals surface area contributed by atoms with E-state index in [4.69, 9.17) is 4.74 Å². The molecule has 0 atom stereocenters. The van der Waals surface area contributed by atoms with Crippen LogP contribution in [0.25, 0.3) is 11.1 Å². The number of nitrogens with zero attached hydrogens (tertiary/aromatic N) is 2. The van der Waals surface area contributed by atoms with E-state index in [1.807, 2.05) is 30.3 Å². The fourth-order valence-corrected chi connectivity index (χ4v) is 2.18. The molecule has 2 aromatic rings. The van der Waals surface area contributed by atoms with Gasteiger partial charge in [0.15, 0.2) is 0 Å². The molecular weight excluding hydrogens is 256 g/mol. The molecule has 0 amide bonds. The van der Waals surface area contributed by atoms with Gasteiger partial charge in [-0.3, -0.25) is 0 Å². The van der Waals surface area contributed by atoms with Crippen molar-refractivity contribution in [3.8, 4) is 16.9 Å². The summed E-state index contributed by atoms with van der Waals surface area (Å²) in [4.78, 5) is 14.5. The largest absolute Gasteiger partial charge is 0.482 e. The van der Waals surface area contributed by atoms with E-state index in [9.17, 15) is 10.1 Å². The molecule has 0 radical (unpaired) electrons. The topological polar surface area (TPSA) is 65.3 Å². The zero-order valence-corrected chi connectivity index (χ0v) is 10.9. The number of ether oxygens (including phenoxy) is 1. The molecule has 1 fully saturated rings. The first-order chi connectivity index (χ1) is 9.75. The second-order valence-electron chi connectivity index (χ2n) is 4.81. The molecule has 3 rings (SSSR count). The monoisotopic (exact) mass is 270 g/mol. The van der Waals surface area contributed by atoms with Crippen molar-refractivity contribution < 1.29 is 9.66 Å². The average Bonchev–Trinajstić information content (AvgIpc) is 2.43.